The molecule has 0 bridgehead atoms. The van der Waals surface area contributed by atoms with E-state index in [2.05, 4.69) is 16.0 Å². The van der Waals surface area contributed by atoms with Crippen molar-refractivity contribution in [3.05, 3.63) is 29.3 Å². The normalized spacial score (nSPS) is 15.3. The zero-order valence-electron chi connectivity index (χ0n) is 13.0. The maximum atomic E-state index is 13.0. The first-order valence-electron chi connectivity index (χ1n) is 7.27. The fourth-order valence-corrected chi connectivity index (χ4v) is 2.43. The first-order valence-corrected chi connectivity index (χ1v) is 7.27. The summed E-state index contributed by atoms with van der Waals surface area (Å²) in [5, 5.41) is 8.16. The number of hydrogen-bond donors (Lipinski definition) is 3. The maximum Gasteiger partial charge on any atom is 0.416 e. The van der Waals surface area contributed by atoms with Crippen LogP contribution in [0.2, 0.25) is 0 Å². The Morgan fingerprint density at radius 1 is 1.17 bits per heavy atom. The van der Waals surface area contributed by atoms with Crippen molar-refractivity contribution in [1.82, 2.24) is 10.6 Å². The van der Waals surface area contributed by atoms with E-state index < -0.39 is 23.6 Å². The summed E-state index contributed by atoms with van der Waals surface area (Å²) in [5.41, 5.74) is -1.15. The Kier molecular flexibility index (Phi) is 7.04. The molecule has 3 N–H and O–H groups in total. The second kappa shape index (κ2) is 8.34. The molecule has 1 aromatic rings. The average molecular weight is 366 g/mol. The van der Waals surface area contributed by atoms with Gasteiger partial charge in [-0.05, 0) is 44.1 Å². The number of nitrogens with one attached hydrogen (secondary N) is 3. The third-order valence-corrected chi connectivity index (χ3v) is 3.52. The summed E-state index contributed by atoms with van der Waals surface area (Å²) in [4.78, 5) is 23.3. The Morgan fingerprint density at radius 2 is 1.79 bits per heavy atom. The number of halogens is 4. The lowest BCUT2D eigenvalue weighted by atomic mass is 10.0. The van der Waals surface area contributed by atoms with E-state index in [1.807, 2.05) is 0 Å². The summed E-state index contributed by atoms with van der Waals surface area (Å²) in [6, 6.07) is 2.78. The molecule has 0 spiro atoms. The fourth-order valence-electron chi connectivity index (χ4n) is 2.43. The highest BCUT2D eigenvalue weighted by Crippen LogP contribution is 2.32. The Labute approximate surface area is 143 Å². The molecule has 1 heterocycles. The van der Waals surface area contributed by atoms with Crippen LogP contribution in [0.15, 0.2) is 18.2 Å². The smallest absolute Gasteiger partial charge is 0.349 e. The van der Waals surface area contributed by atoms with Crippen molar-refractivity contribution in [3.8, 4) is 0 Å². The van der Waals surface area contributed by atoms with E-state index in [4.69, 9.17) is 0 Å². The summed E-state index contributed by atoms with van der Waals surface area (Å²) in [6.07, 6.45) is -3.15. The molecule has 9 heteroatoms. The predicted octanol–water partition coefficient (Wildman–Crippen LogP) is 2.57. The first kappa shape index (κ1) is 20.2. The molecule has 1 fully saturated rings. The van der Waals surface area contributed by atoms with Gasteiger partial charge in [0.1, 0.15) is 0 Å². The third-order valence-electron chi connectivity index (χ3n) is 3.52. The Morgan fingerprint density at radius 3 is 2.33 bits per heavy atom. The molecule has 0 atom stereocenters. The van der Waals surface area contributed by atoms with Crippen molar-refractivity contribution >= 4 is 29.9 Å². The monoisotopic (exact) mass is 365 g/mol. The molecular weight excluding hydrogens is 347 g/mol. The molecule has 0 aromatic heterocycles. The lowest BCUT2D eigenvalue weighted by Gasteiger charge is -2.24. The van der Waals surface area contributed by atoms with Crippen molar-refractivity contribution in [2.45, 2.75) is 32.0 Å². The minimum atomic E-state index is -4.60. The van der Waals surface area contributed by atoms with Crippen LogP contribution in [0.3, 0.4) is 0 Å². The van der Waals surface area contributed by atoms with E-state index in [0.717, 1.165) is 38.1 Å². The number of piperidine rings is 1. The van der Waals surface area contributed by atoms with Gasteiger partial charge in [-0.3, -0.25) is 9.59 Å². The molecule has 0 saturated carbocycles. The van der Waals surface area contributed by atoms with E-state index in [1.165, 1.54) is 13.0 Å². The molecule has 1 aromatic carbocycles. The van der Waals surface area contributed by atoms with Gasteiger partial charge in [0, 0.05) is 24.2 Å². The molecule has 2 amide bonds. The van der Waals surface area contributed by atoms with E-state index in [-0.39, 0.29) is 29.7 Å². The number of carbonyl (C=O) groups excluding carboxylic acids is 2. The van der Waals surface area contributed by atoms with Gasteiger partial charge in [-0.25, -0.2) is 0 Å². The summed E-state index contributed by atoms with van der Waals surface area (Å²) >= 11 is 0. The number of carbonyl (C=O) groups is 2. The Bertz CT molecular complexity index is 602. The van der Waals surface area contributed by atoms with Gasteiger partial charge in [-0.15, -0.1) is 12.4 Å². The van der Waals surface area contributed by atoms with Gasteiger partial charge in [0.15, 0.2) is 0 Å². The lowest BCUT2D eigenvalue weighted by molar-refractivity contribution is -0.137. The number of alkyl halides is 3. The van der Waals surface area contributed by atoms with Gasteiger partial charge in [-0.1, -0.05) is 0 Å². The van der Waals surface area contributed by atoms with E-state index in [9.17, 15) is 22.8 Å². The number of benzene rings is 1. The van der Waals surface area contributed by atoms with Gasteiger partial charge in [0.05, 0.1) is 5.56 Å². The fraction of sp³-hybridized carbons (Fsp3) is 0.467. The molecule has 0 unspecified atom stereocenters. The van der Waals surface area contributed by atoms with Crippen LogP contribution in [-0.4, -0.2) is 30.9 Å². The van der Waals surface area contributed by atoms with Crippen molar-refractivity contribution in [2.24, 2.45) is 0 Å². The largest absolute Gasteiger partial charge is 0.416 e. The lowest BCUT2D eigenvalue weighted by Crippen LogP contribution is -2.42. The summed E-state index contributed by atoms with van der Waals surface area (Å²) < 4.78 is 38.9. The van der Waals surface area contributed by atoms with Crippen molar-refractivity contribution in [2.75, 3.05) is 18.4 Å². The topological polar surface area (TPSA) is 70.2 Å². The van der Waals surface area contributed by atoms with Crippen LogP contribution < -0.4 is 16.0 Å². The molecular formula is C15H19ClF3N3O2. The minimum absolute atomic E-state index is 0. The van der Waals surface area contributed by atoms with Crippen LogP contribution in [-0.2, 0) is 11.0 Å². The SMILES string of the molecule is CC(=O)Nc1cc(C(=O)NC2CCNCC2)cc(C(F)(F)F)c1.Cl. The van der Waals surface area contributed by atoms with Gasteiger partial charge < -0.3 is 16.0 Å². The van der Waals surface area contributed by atoms with Gasteiger partial charge in [-0.2, -0.15) is 13.2 Å². The molecule has 2 rings (SSSR count). The Balaban J connectivity index is 0.00000288. The zero-order chi connectivity index (χ0) is 17.0. The molecule has 1 aliphatic rings. The molecule has 0 aliphatic carbocycles. The Hall–Kier alpha value is -1.80. The van der Waals surface area contributed by atoms with Crippen LogP contribution in [0.4, 0.5) is 18.9 Å². The maximum absolute atomic E-state index is 13.0. The average Bonchev–Trinajstić information content (AvgIpc) is 2.46. The molecule has 5 nitrogen and oxygen atoms in total. The van der Waals surface area contributed by atoms with Crippen LogP contribution in [0.25, 0.3) is 0 Å². The van der Waals surface area contributed by atoms with Gasteiger partial charge in [0.2, 0.25) is 5.91 Å². The van der Waals surface area contributed by atoms with Crippen molar-refractivity contribution in [3.63, 3.8) is 0 Å². The molecule has 1 aliphatic heterocycles. The number of hydrogen-bond acceptors (Lipinski definition) is 3. The summed E-state index contributed by atoms with van der Waals surface area (Å²) in [6.45, 7) is 2.70. The second-order valence-corrected chi connectivity index (χ2v) is 5.48. The van der Waals surface area contributed by atoms with Gasteiger partial charge >= 0.3 is 6.18 Å². The van der Waals surface area contributed by atoms with E-state index >= 15 is 0 Å². The summed E-state index contributed by atoms with van der Waals surface area (Å²) in [5.74, 6) is -1.08. The highest BCUT2D eigenvalue weighted by molar-refractivity contribution is 5.97. The highest BCUT2D eigenvalue weighted by atomic mass is 35.5. The molecule has 0 radical (unpaired) electrons. The van der Waals surface area contributed by atoms with Crippen molar-refractivity contribution in [1.29, 1.82) is 0 Å². The predicted molar refractivity (Wildman–Crippen MR) is 86.4 cm³/mol. The van der Waals surface area contributed by atoms with Crippen LogP contribution in [0.1, 0.15) is 35.7 Å². The van der Waals surface area contributed by atoms with Gasteiger partial charge in [0.25, 0.3) is 5.91 Å². The van der Waals surface area contributed by atoms with Crippen LogP contribution in [0.5, 0.6) is 0 Å². The zero-order valence-corrected chi connectivity index (χ0v) is 13.8. The minimum Gasteiger partial charge on any atom is -0.349 e. The highest BCUT2D eigenvalue weighted by Gasteiger charge is 2.32. The van der Waals surface area contributed by atoms with E-state index in [0.29, 0.717) is 0 Å². The molecule has 1 saturated heterocycles. The molecule has 134 valence electrons. The first-order chi connectivity index (χ1) is 10.8. The van der Waals surface area contributed by atoms with E-state index in [1.54, 1.807) is 0 Å². The van der Waals surface area contributed by atoms with Crippen molar-refractivity contribution < 1.29 is 22.8 Å². The quantitative estimate of drug-likeness (QED) is 0.771. The third kappa shape index (κ3) is 5.68. The number of anilines is 1. The standard InChI is InChI=1S/C15H18F3N3O2.ClH/c1-9(22)20-13-7-10(6-11(8-13)15(16,17)18)14(23)21-12-2-4-19-5-3-12;/h6-8,12,19H,2-5H2,1H3,(H,20,22)(H,21,23);1H. The summed E-state index contributed by atoms with van der Waals surface area (Å²) in [7, 11) is 0. The van der Waals surface area contributed by atoms with Crippen LogP contribution in [0, 0.1) is 0 Å². The second-order valence-electron chi connectivity index (χ2n) is 5.48. The molecule has 24 heavy (non-hydrogen) atoms. The number of rotatable bonds is 3. The number of amides is 2. The van der Waals surface area contributed by atoms with Crippen LogP contribution >= 0.6 is 12.4 Å².